The fraction of sp³-hybridized carbons (Fsp3) is 0.417. The molecule has 176 valence electrons. The lowest BCUT2D eigenvalue weighted by molar-refractivity contribution is 0.142. The Hall–Kier alpha value is -2.97. The summed E-state index contributed by atoms with van der Waals surface area (Å²) in [4.78, 5) is 26.2. The number of ether oxygens (including phenoxy) is 1. The molecule has 1 saturated carbocycles. The Morgan fingerprint density at radius 2 is 2.06 bits per heavy atom. The predicted octanol–water partition coefficient (Wildman–Crippen LogP) is 3.95. The van der Waals surface area contributed by atoms with Crippen molar-refractivity contribution in [3.05, 3.63) is 45.4 Å². The Morgan fingerprint density at radius 3 is 2.76 bits per heavy atom. The third-order valence-corrected chi connectivity index (χ3v) is 6.93. The molecule has 0 aliphatic heterocycles. The third-order valence-electron chi connectivity index (χ3n) is 6.93. The van der Waals surface area contributed by atoms with E-state index in [0.29, 0.717) is 17.7 Å². The van der Waals surface area contributed by atoms with Crippen LogP contribution < -0.4 is 15.6 Å². The molecule has 0 spiro atoms. The SMILES string of the molecule is CC1CC1CNCc1cc2cc3c(cc2n1C)CCCc1c-3[nH]c(=O)c(OC(=O)O)c1O.Cl. The molecule has 4 N–H and O–H groups in total. The van der Waals surface area contributed by atoms with Crippen LogP contribution in [0.25, 0.3) is 22.2 Å². The molecule has 0 amide bonds. The molecule has 1 fully saturated rings. The average molecular weight is 474 g/mol. The molecule has 5 rings (SSSR count). The van der Waals surface area contributed by atoms with Crippen LogP contribution in [-0.4, -0.2) is 32.5 Å². The maximum Gasteiger partial charge on any atom is 0.511 e. The van der Waals surface area contributed by atoms with Crippen molar-refractivity contribution >= 4 is 29.5 Å². The highest BCUT2D eigenvalue weighted by Gasteiger charge is 2.31. The van der Waals surface area contributed by atoms with Crippen LogP contribution in [0.4, 0.5) is 4.79 Å². The fourth-order valence-corrected chi connectivity index (χ4v) is 4.88. The van der Waals surface area contributed by atoms with Gasteiger partial charge in [-0.15, -0.1) is 12.4 Å². The average Bonchev–Trinajstić information content (AvgIpc) is 3.41. The standard InChI is InChI=1S/C24H27N3O5.ClH/c1-12-6-15(12)10-25-11-16-7-14-8-18-13(9-19(14)27(16)2)4-3-5-17-20(18)26-23(29)22(21(17)28)32-24(30)31;/h7-9,12,15,25H,3-6,10-11H2,1-2H3,(H,30,31)(H2,26,28,29);1H. The quantitative estimate of drug-likeness (QED) is 0.417. The van der Waals surface area contributed by atoms with E-state index < -0.39 is 23.2 Å². The maximum atomic E-state index is 12.5. The van der Waals surface area contributed by atoms with Gasteiger partial charge in [0, 0.05) is 41.3 Å². The number of aromatic hydroxyl groups is 1. The van der Waals surface area contributed by atoms with Crippen molar-refractivity contribution in [2.75, 3.05) is 6.54 Å². The van der Waals surface area contributed by atoms with E-state index in [0.717, 1.165) is 59.8 Å². The first-order valence-electron chi connectivity index (χ1n) is 11.0. The minimum atomic E-state index is -1.64. The number of hydrogen-bond acceptors (Lipinski definition) is 5. The minimum Gasteiger partial charge on any atom is -0.504 e. The second-order valence-corrected chi connectivity index (χ2v) is 9.07. The lowest BCUT2D eigenvalue weighted by Crippen LogP contribution is -2.18. The number of H-pyrrole nitrogens is 1. The van der Waals surface area contributed by atoms with Gasteiger partial charge in [0.1, 0.15) is 0 Å². The molecule has 0 radical (unpaired) electrons. The van der Waals surface area contributed by atoms with Crippen LogP contribution in [0.15, 0.2) is 23.0 Å². The Balaban J connectivity index is 0.00000259. The van der Waals surface area contributed by atoms with Gasteiger partial charge in [0.05, 0.1) is 5.69 Å². The summed E-state index contributed by atoms with van der Waals surface area (Å²) in [5.74, 6) is 0.646. The van der Waals surface area contributed by atoms with Gasteiger partial charge in [0.15, 0.2) is 5.75 Å². The molecule has 2 unspecified atom stereocenters. The van der Waals surface area contributed by atoms with Gasteiger partial charge in [-0.05, 0) is 67.8 Å². The number of nitrogens with one attached hydrogen (secondary N) is 2. The van der Waals surface area contributed by atoms with Gasteiger partial charge in [-0.2, -0.15) is 0 Å². The predicted molar refractivity (Wildman–Crippen MR) is 128 cm³/mol. The van der Waals surface area contributed by atoms with Gasteiger partial charge in [0.25, 0.3) is 5.56 Å². The number of pyridine rings is 1. The molecule has 0 saturated heterocycles. The van der Waals surface area contributed by atoms with Crippen molar-refractivity contribution in [1.82, 2.24) is 14.9 Å². The van der Waals surface area contributed by atoms with Crippen LogP contribution in [-0.2, 0) is 26.4 Å². The van der Waals surface area contributed by atoms with E-state index >= 15 is 0 Å². The van der Waals surface area contributed by atoms with Crippen molar-refractivity contribution in [3.63, 3.8) is 0 Å². The largest absolute Gasteiger partial charge is 0.511 e. The number of aryl methyl sites for hydroxylation is 2. The molecular weight excluding hydrogens is 446 g/mol. The van der Waals surface area contributed by atoms with Gasteiger partial charge in [-0.3, -0.25) is 4.79 Å². The van der Waals surface area contributed by atoms with Crippen molar-refractivity contribution in [2.24, 2.45) is 18.9 Å². The lowest BCUT2D eigenvalue weighted by atomic mass is 9.99. The summed E-state index contributed by atoms with van der Waals surface area (Å²) in [6, 6.07) is 6.36. The van der Waals surface area contributed by atoms with Gasteiger partial charge in [0.2, 0.25) is 5.75 Å². The van der Waals surface area contributed by atoms with E-state index in [4.69, 9.17) is 5.11 Å². The highest BCUT2D eigenvalue weighted by molar-refractivity contribution is 5.89. The molecule has 2 heterocycles. The number of carbonyl (C=O) groups is 1. The smallest absolute Gasteiger partial charge is 0.504 e. The number of aromatic nitrogens is 2. The van der Waals surface area contributed by atoms with Crippen molar-refractivity contribution in [3.8, 4) is 22.8 Å². The van der Waals surface area contributed by atoms with Crippen LogP contribution in [0.1, 0.15) is 36.6 Å². The Kier molecular flexibility index (Phi) is 6.16. The van der Waals surface area contributed by atoms with E-state index in [1.807, 2.05) is 6.07 Å². The molecule has 2 aromatic heterocycles. The molecule has 9 heteroatoms. The summed E-state index contributed by atoms with van der Waals surface area (Å²) in [6.45, 7) is 4.12. The Labute approximate surface area is 197 Å². The maximum absolute atomic E-state index is 12.5. The van der Waals surface area contributed by atoms with Gasteiger partial charge < -0.3 is 29.8 Å². The topological polar surface area (TPSA) is 117 Å². The van der Waals surface area contributed by atoms with Crippen LogP contribution in [0, 0.1) is 11.8 Å². The second-order valence-electron chi connectivity index (χ2n) is 9.07. The molecular formula is C24H28ClN3O5. The van der Waals surface area contributed by atoms with Crippen LogP contribution in [0.5, 0.6) is 11.5 Å². The zero-order valence-electron chi connectivity index (χ0n) is 18.6. The summed E-state index contributed by atoms with van der Waals surface area (Å²) >= 11 is 0. The number of aromatic amines is 1. The van der Waals surface area contributed by atoms with E-state index in [9.17, 15) is 14.7 Å². The van der Waals surface area contributed by atoms with Gasteiger partial charge in [-0.25, -0.2) is 4.79 Å². The van der Waals surface area contributed by atoms with E-state index in [1.54, 1.807) is 0 Å². The highest BCUT2D eigenvalue weighted by atomic mass is 35.5. The number of carboxylic acid groups (broad SMARTS) is 1. The van der Waals surface area contributed by atoms with Crippen molar-refractivity contribution in [1.29, 1.82) is 0 Å². The van der Waals surface area contributed by atoms with Gasteiger partial charge >= 0.3 is 6.16 Å². The van der Waals surface area contributed by atoms with Crippen molar-refractivity contribution < 1.29 is 19.7 Å². The normalized spacial score (nSPS) is 18.7. The number of benzene rings is 1. The van der Waals surface area contributed by atoms with Crippen LogP contribution in [0.3, 0.4) is 0 Å². The monoisotopic (exact) mass is 473 g/mol. The zero-order valence-corrected chi connectivity index (χ0v) is 19.4. The number of nitrogens with zero attached hydrogens (tertiary/aromatic N) is 1. The summed E-state index contributed by atoms with van der Waals surface area (Å²) in [7, 11) is 2.07. The zero-order chi connectivity index (χ0) is 22.6. The molecule has 3 aromatic rings. The minimum absolute atomic E-state index is 0. The molecule has 0 bridgehead atoms. The highest BCUT2D eigenvalue weighted by Crippen LogP contribution is 2.40. The molecule has 2 aliphatic carbocycles. The Bertz CT molecular complexity index is 1300. The molecule has 33 heavy (non-hydrogen) atoms. The van der Waals surface area contributed by atoms with E-state index in [1.165, 1.54) is 12.1 Å². The molecule has 2 aliphatic rings. The first-order chi connectivity index (χ1) is 15.3. The number of halogens is 1. The number of rotatable bonds is 5. The first-order valence-corrected chi connectivity index (χ1v) is 11.0. The Morgan fingerprint density at radius 1 is 1.30 bits per heavy atom. The number of fused-ring (bicyclic) bond motifs is 4. The summed E-state index contributed by atoms with van der Waals surface area (Å²) in [5, 5.41) is 24.1. The number of hydrogen-bond donors (Lipinski definition) is 4. The van der Waals surface area contributed by atoms with Gasteiger partial charge in [-0.1, -0.05) is 6.92 Å². The molecule has 2 atom stereocenters. The van der Waals surface area contributed by atoms with Crippen molar-refractivity contribution in [2.45, 2.75) is 39.2 Å². The fourth-order valence-electron chi connectivity index (χ4n) is 4.88. The van der Waals surface area contributed by atoms with E-state index in [-0.39, 0.29) is 12.4 Å². The summed E-state index contributed by atoms with van der Waals surface area (Å²) < 4.78 is 6.74. The summed E-state index contributed by atoms with van der Waals surface area (Å²) in [5.41, 5.74) is 4.54. The summed E-state index contributed by atoms with van der Waals surface area (Å²) in [6.07, 6.45) is 1.72. The third kappa shape index (κ3) is 4.20. The lowest BCUT2D eigenvalue weighted by Gasteiger charge is -2.13. The molecule has 8 nitrogen and oxygen atoms in total. The van der Waals surface area contributed by atoms with Crippen LogP contribution >= 0.6 is 12.4 Å². The molecule has 1 aromatic carbocycles. The van der Waals surface area contributed by atoms with E-state index in [2.05, 4.69) is 45.7 Å². The second kappa shape index (κ2) is 8.76. The van der Waals surface area contributed by atoms with Crippen LogP contribution in [0.2, 0.25) is 0 Å². The first kappa shape index (κ1) is 23.2.